The number of likely N-dealkylation sites (tertiary alicyclic amines) is 1. The first-order valence-corrected chi connectivity index (χ1v) is 11.0. The number of pyridine rings is 4. The van der Waals surface area contributed by atoms with Crippen LogP contribution in [-0.4, -0.2) is 43.4 Å². The van der Waals surface area contributed by atoms with E-state index in [0.717, 1.165) is 16.5 Å². The number of piperidine rings is 1. The van der Waals surface area contributed by atoms with Crippen molar-refractivity contribution in [1.82, 2.24) is 24.4 Å². The molecule has 0 radical (unpaired) electrons. The van der Waals surface area contributed by atoms with Gasteiger partial charge in [-0.1, -0.05) is 6.92 Å². The van der Waals surface area contributed by atoms with Gasteiger partial charge in [-0.2, -0.15) is 5.26 Å². The second-order valence-electron chi connectivity index (χ2n) is 8.18. The van der Waals surface area contributed by atoms with Gasteiger partial charge in [0.15, 0.2) is 0 Å². The highest BCUT2D eigenvalue weighted by Crippen LogP contribution is 2.30. The van der Waals surface area contributed by atoms with E-state index in [1.807, 2.05) is 40.7 Å². The van der Waals surface area contributed by atoms with Gasteiger partial charge in [0.2, 0.25) is 5.91 Å². The van der Waals surface area contributed by atoms with E-state index in [1.165, 1.54) is 0 Å². The zero-order chi connectivity index (χ0) is 22.9. The number of nitrogens with zero attached hydrogens (tertiary/aromatic N) is 6. The molecule has 4 aromatic heterocycles. The molecule has 1 aliphatic heterocycles. The van der Waals surface area contributed by atoms with Crippen LogP contribution >= 0.6 is 0 Å². The molecule has 8 heteroatoms. The molecule has 1 saturated heterocycles. The van der Waals surface area contributed by atoms with E-state index < -0.39 is 0 Å². The average molecular weight is 438 g/mol. The van der Waals surface area contributed by atoms with Crippen LogP contribution in [0.1, 0.15) is 37.9 Å². The Morgan fingerprint density at radius 3 is 2.61 bits per heavy atom. The minimum Gasteiger partial charge on any atom is -0.343 e. The van der Waals surface area contributed by atoms with Crippen molar-refractivity contribution in [3.05, 3.63) is 64.8 Å². The SMILES string of the molecule is CCC(=O)N1CCC(n2c(=O)ccc3cnc4ccc(-c5ccc(C#N)nc5)nc4c32)CC1. The minimum absolute atomic E-state index is 0.0188. The van der Waals surface area contributed by atoms with E-state index in [1.54, 1.807) is 30.6 Å². The second-order valence-corrected chi connectivity index (χ2v) is 8.18. The van der Waals surface area contributed by atoms with E-state index in [2.05, 4.69) is 9.97 Å². The fourth-order valence-electron chi connectivity index (χ4n) is 4.53. The number of carbonyl (C=O) groups is 1. The number of nitriles is 1. The normalized spacial score (nSPS) is 14.5. The van der Waals surface area contributed by atoms with Gasteiger partial charge in [0.05, 0.1) is 16.7 Å². The summed E-state index contributed by atoms with van der Waals surface area (Å²) in [6.07, 6.45) is 5.32. The lowest BCUT2D eigenvalue weighted by molar-refractivity contribution is -0.132. The third-order valence-corrected chi connectivity index (χ3v) is 6.26. The molecule has 164 valence electrons. The Balaban J connectivity index is 1.64. The maximum atomic E-state index is 13.1. The number of hydrogen-bond acceptors (Lipinski definition) is 6. The monoisotopic (exact) mass is 438 g/mol. The van der Waals surface area contributed by atoms with Crippen LogP contribution in [-0.2, 0) is 4.79 Å². The lowest BCUT2D eigenvalue weighted by Crippen LogP contribution is -2.40. The van der Waals surface area contributed by atoms with E-state index >= 15 is 0 Å². The lowest BCUT2D eigenvalue weighted by atomic mass is 10.0. The summed E-state index contributed by atoms with van der Waals surface area (Å²) in [6.45, 7) is 3.15. The molecule has 33 heavy (non-hydrogen) atoms. The molecule has 8 nitrogen and oxygen atoms in total. The molecule has 1 fully saturated rings. The maximum absolute atomic E-state index is 13.1. The lowest BCUT2D eigenvalue weighted by Gasteiger charge is -2.33. The number of hydrogen-bond donors (Lipinski definition) is 0. The summed E-state index contributed by atoms with van der Waals surface area (Å²) in [6, 6.07) is 12.6. The standard InChI is InChI=1S/C25H22N6O2/c1-2-22(32)30-11-9-19(10-12-30)31-23(33)8-4-17-15-28-21-7-6-20(29-24(21)25(17)31)16-3-5-18(13-26)27-14-16/h3-8,14-15,19H,2,9-12H2,1H3. The molecule has 1 amide bonds. The van der Waals surface area contributed by atoms with E-state index in [4.69, 9.17) is 10.2 Å². The first kappa shape index (κ1) is 20.8. The fourth-order valence-corrected chi connectivity index (χ4v) is 4.53. The average Bonchev–Trinajstić information content (AvgIpc) is 2.88. The molecule has 0 saturated carbocycles. The minimum atomic E-state index is -0.0810. The molecule has 0 spiro atoms. The number of rotatable bonds is 3. The maximum Gasteiger partial charge on any atom is 0.251 e. The Kier molecular flexibility index (Phi) is 5.31. The molecule has 0 bridgehead atoms. The van der Waals surface area contributed by atoms with Crippen LogP contribution in [0.15, 0.2) is 53.6 Å². The Morgan fingerprint density at radius 1 is 1.09 bits per heavy atom. The third kappa shape index (κ3) is 3.72. The van der Waals surface area contributed by atoms with Gasteiger partial charge < -0.3 is 9.47 Å². The smallest absolute Gasteiger partial charge is 0.251 e. The van der Waals surface area contributed by atoms with Crippen molar-refractivity contribution in [3.8, 4) is 17.3 Å². The van der Waals surface area contributed by atoms with Crippen LogP contribution in [0.2, 0.25) is 0 Å². The van der Waals surface area contributed by atoms with Crippen molar-refractivity contribution < 1.29 is 4.79 Å². The molecule has 0 aliphatic carbocycles. The molecule has 4 aromatic rings. The van der Waals surface area contributed by atoms with Crippen LogP contribution in [0.5, 0.6) is 0 Å². The van der Waals surface area contributed by atoms with Crippen LogP contribution in [0.4, 0.5) is 0 Å². The Labute approximate surface area is 190 Å². The predicted octanol–water partition coefficient (Wildman–Crippen LogP) is 3.45. The van der Waals surface area contributed by atoms with Crippen molar-refractivity contribution in [2.75, 3.05) is 13.1 Å². The Hall–Kier alpha value is -4.12. The van der Waals surface area contributed by atoms with Gasteiger partial charge in [-0.25, -0.2) is 9.97 Å². The van der Waals surface area contributed by atoms with Gasteiger partial charge in [0.1, 0.15) is 17.3 Å². The molecule has 0 aromatic carbocycles. The van der Waals surface area contributed by atoms with Crippen LogP contribution in [0.3, 0.4) is 0 Å². The van der Waals surface area contributed by atoms with E-state index in [-0.39, 0.29) is 17.5 Å². The molecule has 0 unspecified atom stereocenters. The molecule has 0 atom stereocenters. The summed E-state index contributed by atoms with van der Waals surface area (Å²) in [5.74, 6) is 0.149. The summed E-state index contributed by atoms with van der Waals surface area (Å²) in [4.78, 5) is 40.6. The topological polar surface area (TPSA) is 105 Å². The van der Waals surface area contributed by atoms with Gasteiger partial charge in [0, 0.05) is 55.0 Å². The number of aromatic nitrogens is 4. The van der Waals surface area contributed by atoms with E-state index in [9.17, 15) is 9.59 Å². The Morgan fingerprint density at radius 2 is 1.91 bits per heavy atom. The molecule has 1 aliphatic rings. The van der Waals surface area contributed by atoms with Crippen LogP contribution in [0.25, 0.3) is 33.2 Å². The van der Waals surface area contributed by atoms with Crippen LogP contribution < -0.4 is 5.56 Å². The first-order chi connectivity index (χ1) is 16.1. The van der Waals surface area contributed by atoms with E-state index in [0.29, 0.717) is 54.8 Å². The van der Waals surface area contributed by atoms with Crippen LogP contribution in [0, 0.1) is 11.3 Å². The molecule has 5 heterocycles. The fraction of sp³-hybridized carbons (Fsp3) is 0.280. The first-order valence-electron chi connectivity index (χ1n) is 11.0. The van der Waals surface area contributed by atoms with Crippen molar-refractivity contribution in [2.24, 2.45) is 0 Å². The van der Waals surface area contributed by atoms with Crippen molar-refractivity contribution >= 4 is 27.8 Å². The van der Waals surface area contributed by atoms with Crippen molar-refractivity contribution in [2.45, 2.75) is 32.2 Å². The summed E-state index contributed by atoms with van der Waals surface area (Å²) in [7, 11) is 0. The largest absolute Gasteiger partial charge is 0.343 e. The highest BCUT2D eigenvalue weighted by atomic mass is 16.2. The van der Waals surface area contributed by atoms with Gasteiger partial charge in [-0.15, -0.1) is 0 Å². The molecular weight excluding hydrogens is 416 g/mol. The zero-order valence-electron chi connectivity index (χ0n) is 18.2. The zero-order valence-corrected chi connectivity index (χ0v) is 18.2. The summed E-state index contributed by atoms with van der Waals surface area (Å²) in [5.41, 5.74) is 3.85. The molecular formula is C25H22N6O2. The van der Waals surface area contributed by atoms with Gasteiger partial charge in [0.25, 0.3) is 5.56 Å². The number of fused-ring (bicyclic) bond motifs is 3. The third-order valence-electron chi connectivity index (χ3n) is 6.26. The van der Waals surface area contributed by atoms with Gasteiger partial charge in [-0.3, -0.25) is 14.6 Å². The second kappa shape index (κ2) is 8.43. The summed E-state index contributed by atoms with van der Waals surface area (Å²) in [5, 5.41) is 9.85. The highest BCUT2D eigenvalue weighted by Gasteiger charge is 2.25. The predicted molar refractivity (Wildman–Crippen MR) is 124 cm³/mol. The molecule has 5 rings (SSSR count). The molecule has 0 N–H and O–H groups in total. The number of amides is 1. The van der Waals surface area contributed by atoms with Crippen molar-refractivity contribution in [3.63, 3.8) is 0 Å². The quantitative estimate of drug-likeness (QED) is 0.454. The number of carbonyl (C=O) groups excluding carboxylic acids is 1. The van der Waals surface area contributed by atoms with Gasteiger partial charge in [-0.05, 0) is 43.2 Å². The van der Waals surface area contributed by atoms with Crippen molar-refractivity contribution in [1.29, 1.82) is 5.26 Å². The van der Waals surface area contributed by atoms with Gasteiger partial charge >= 0.3 is 0 Å². The summed E-state index contributed by atoms with van der Waals surface area (Å²) >= 11 is 0. The highest BCUT2D eigenvalue weighted by molar-refractivity contribution is 6.01. The summed E-state index contributed by atoms with van der Waals surface area (Å²) < 4.78 is 1.83. The Bertz CT molecular complexity index is 1460.